The van der Waals surface area contributed by atoms with Crippen LogP contribution in [0.15, 0.2) is 18.2 Å². The lowest BCUT2D eigenvalue weighted by Gasteiger charge is -2.09. The number of benzene rings is 1. The summed E-state index contributed by atoms with van der Waals surface area (Å²) < 4.78 is 39.6. The fraction of sp³-hybridized carbons (Fsp3) is 0.400. The van der Waals surface area contributed by atoms with Gasteiger partial charge in [-0.15, -0.1) is 0 Å². The Morgan fingerprint density at radius 1 is 1.42 bits per heavy atom. The second-order valence-corrected chi connectivity index (χ2v) is 3.63. The molecule has 0 heterocycles. The van der Waals surface area contributed by atoms with Crippen molar-refractivity contribution in [1.29, 1.82) is 0 Å². The smallest absolute Gasteiger partial charge is 0.393 e. The Morgan fingerprint density at radius 2 is 2.11 bits per heavy atom. The standard InChI is InChI=1S/C10H12F3N3O3/c11-10(12,13)6-19-4-3-15-7-1-2-9(16(17)18)8(14)5-7/h1-2,5,15H,3-4,6,14H2. The van der Waals surface area contributed by atoms with Gasteiger partial charge in [-0.05, 0) is 12.1 Å². The molecule has 6 nitrogen and oxygen atoms in total. The summed E-state index contributed by atoms with van der Waals surface area (Å²) in [4.78, 5) is 9.89. The van der Waals surface area contributed by atoms with Crippen molar-refractivity contribution in [2.24, 2.45) is 0 Å². The molecule has 0 spiro atoms. The third-order valence-corrected chi connectivity index (χ3v) is 2.07. The molecule has 0 atom stereocenters. The second-order valence-electron chi connectivity index (χ2n) is 3.63. The van der Waals surface area contributed by atoms with Gasteiger partial charge >= 0.3 is 6.18 Å². The van der Waals surface area contributed by atoms with Crippen molar-refractivity contribution in [2.75, 3.05) is 30.8 Å². The van der Waals surface area contributed by atoms with E-state index < -0.39 is 17.7 Å². The maximum Gasteiger partial charge on any atom is 0.411 e. The molecule has 0 saturated carbocycles. The summed E-state index contributed by atoms with van der Waals surface area (Å²) in [6.07, 6.45) is -4.35. The number of rotatable bonds is 6. The summed E-state index contributed by atoms with van der Waals surface area (Å²) in [7, 11) is 0. The molecular formula is C10H12F3N3O3. The van der Waals surface area contributed by atoms with Crippen LogP contribution in [0, 0.1) is 10.1 Å². The van der Waals surface area contributed by atoms with Crippen molar-refractivity contribution < 1.29 is 22.8 Å². The number of nitro groups is 1. The fourth-order valence-corrected chi connectivity index (χ4v) is 1.29. The van der Waals surface area contributed by atoms with Gasteiger partial charge in [0.2, 0.25) is 0 Å². The highest BCUT2D eigenvalue weighted by molar-refractivity contribution is 5.65. The predicted molar refractivity (Wildman–Crippen MR) is 62.9 cm³/mol. The van der Waals surface area contributed by atoms with Crippen LogP contribution in [0.2, 0.25) is 0 Å². The monoisotopic (exact) mass is 279 g/mol. The maximum atomic E-state index is 11.8. The molecule has 0 amide bonds. The van der Waals surface area contributed by atoms with E-state index in [0.717, 1.165) is 0 Å². The lowest BCUT2D eigenvalue weighted by atomic mass is 10.2. The highest BCUT2D eigenvalue weighted by Crippen LogP contribution is 2.24. The average Bonchev–Trinajstić information content (AvgIpc) is 2.26. The summed E-state index contributed by atoms with van der Waals surface area (Å²) in [6.45, 7) is -1.32. The molecule has 0 bridgehead atoms. The molecule has 0 fully saturated rings. The molecule has 19 heavy (non-hydrogen) atoms. The van der Waals surface area contributed by atoms with Gasteiger partial charge in [0.15, 0.2) is 0 Å². The first-order valence-corrected chi connectivity index (χ1v) is 5.22. The van der Waals surface area contributed by atoms with E-state index in [0.29, 0.717) is 5.69 Å². The number of nitrogen functional groups attached to an aromatic ring is 1. The molecule has 1 rings (SSSR count). The SMILES string of the molecule is Nc1cc(NCCOCC(F)(F)F)ccc1[N+](=O)[O-]. The Hall–Kier alpha value is -2.03. The molecule has 0 aromatic heterocycles. The van der Waals surface area contributed by atoms with Crippen molar-refractivity contribution in [2.45, 2.75) is 6.18 Å². The van der Waals surface area contributed by atoms with Crippen molar-refractivity contribution in [3.8, 4) is 0 Å². The highest BCUT2D eigenvalue weighted by atomic mass is 19.4. The van der Waals surface area contributed by atoms with E-state index >= 15 is 0 Å². The molecule has 106 valence electrons. The number of hydrogen-bond acceptors (Lipinski definition) is 5. The van der Waals surface area contributed by atoms with Crippen LogP contribution in [0.25, 0.3) is 0 Å². The molecule has 0 radical (unpaired) electrons. The van der Waals surface area contributed by atoms with Gasteiger partial charge in [-0.25, -0.2) is 0 Å². The van der Waals surface area contributed by atoms with Gasteiger partial charge in [0.05, 0.1) is 11.5 Å². The minimum absolute atomic E-state index is 0.0220. The van der Waals surface area contributed by atoms with Crippen molar-refractivity contribution in [3.63, 3.8) is 0 Å². The number of nitrogens with one attached hydrogen (secondary N) is 1. The summed E-state index contributed by atoms with van der Waals surface area (Å²) >= 11 is 0. The van der Waals surface area contributed by atoms with E-state index in [1.165, 1.54) is 18.2 Å². The first-order chi connectivity index (χ1) is 8.79. The first kappa shape index (κ1) is 15.0. The molecule has 3 N–H and O–H groups in total. The highest BCUT2D eigenvalue weighted by Gasteiger charge is 2.27. The Kier molecular flexibility index (Phi) is 4.93. The zero-order valence-corrected chi connectivity index (χ0v) is 9.74. The van der Waals surface area contributed by atoms with Crippen LogP contribution in [0.4, 0.5) is 30.2 Å². The first-order valence-electron chi connectivity index (χ1n) is 5.22. The molecule has 1 aromatic rings. The molecular weight excluding hydrogens is 267 g/mol. The van der Waals surface area contributed by atoms with Gasteiger partial charge in [-0.2, -0.15) is 13.2 Å². The summed E-state index contributed by atoms with van der Waals surface area (Å²) in [6, 6.07) is 3.97. The van der Waals surface area contributed by atoms with E-state index in [1.807, 2.05) is 0 Å². The van der Waals surface area contributed by atoms with Gasteiger partial charge in [-0.3, -0.25) is 10.1 Å². The average molecular weight is 279 g/mol. The lowest BCUT2D eigenvalue weighted by Crippen LogP contribution is -2.20. The lowest BCUT2D eigenvalue weighted by molar-refractivity contribution is -0.383. The molecule has 1 aromatic carbocycles. The fourth-order valence-electron chi connectivity index (χ4n) is 1.29. The Morgan fingerprint density at radius 3 is 2.63 bits per heavy atom. The van der Waals surface area contributed by atoms with Crippen LogP contribution in [0.3, 0.4) is 0 Å². The summed E-state index contributed by atoms with van der Waals surface area (Å²) in [5.74, 6) is 0. The third-order valence-electron chi connectivity index (χ3n) is 2.07. The van der Waals surface area contributed by atoms with Gasteiger partial charge in [0, 0.05) is 18.3 Å². The number of alkyl halides is 3. The predicted octanol–water partition coefficient (Wildman–Crippen LogP) is 2.17. The van der Waals surface area contributed by atoms with Crippen molar-refractivity contribution in [3.05, 3.63) is 28.3 Å². The zero-order valence-electron chi connectivity index (χ0n) is 9.74. The summed E-state index contributed by atoms with van der Waals surface area (Å²) in [5.41, 5.74) is 5.67. The van der Waals surface area contributed by atoms with E-state index in [2.05, 4.69) is 10.1 Å². The van der Waals surface area contributed by atoms with Gasteiger partial charge < -0.3 is 15.8 Å². The molecule has 0 aliphatic heterocycles. The molecule has 0 saturated heterocycles. The van der Waals surface area contributed by atoms with Gasteiger partial charge in [0.1, 0.15) is 12.3 Å². The molecule has 0 unspecified atom stereocenters. The zero-order chi connectivity index (χ0) is 14.5. The Bertz CT molecular complexity index is 451. The number of anilines is 2. The number of halogens is 3. The number of nitrogens with zero attached hydrogens (tertiary/aromatic N) is 1. The van der Waals surface area contributed by atoms with E-state index in [9.17, 15) is 23.3 Å². The number of nitro benzene ring substituents is 1. The number of hydrogen-bond donors (Lipinski definition) is 2. The minimum Gasteiger partial charge on any atom is -0.393 e. The van der Waals surface area contributed by atoms with Crippen LogP contribution < -0.4 is 11.1 Å². The minimum atomic E-state index is -4.35. The van der Waals surface area contributed by atoms with Crippen molar-refractivity contribution >= 4 is 17.1 Å². The molecule has 0 aliphatic rings. The number of nitrogens with two attached hydrogens (primary N) is 1. The van der Waals surface area contributed by atoms with Crippen molar-refractivity contribution in [1.82, 2.24) is 0 Å². The Labute approximate surface area is 106 Å². The van der Waals surface area contributed by atoms with Crippen LogP contribution in [0.1, 0.15) is 0 Å². The number of ether oxygens (including phenoxy) is 1. The summed E-state index contributed by atoms with van der Waals surface area (Å²) in [5, 5.41) is 13.2. The van der Waals surface area contributed by atoms with Crippen LogP contribution in [0.5, 0.6) is 0 Å². The second kappa shape index (κ2) is 6.23. The topological polar surface area (TPSA) is 90.4 Å². The van der Waals surface area contributed by atoms with E-state index in [4.69, 9.17) is 5.73 Å². The van der Waals surface area contributed by atoms with Crippen LogP contribution >= 0.6 is 0 Å². The maximum absolute atomic E-state index is 11.8. The Balaban J connectivity index is 2.38. The quantitative estimate of drug-likeness (QED) is 0.360. The molecule has 0 aliphatic carbocycles. The van der Waals surface area contributed by atoms with Crippen LogP contribution in [-0.4, -0.2) is 30.9 Å². The van der Waals surface area contributed by atoms with E-state index in [1.54, 1.807) is 0 Å². The van der Waals surface area contributed by atoms with Gasteiger partial charge in [0.25, 0.3) is 5.69 Å². The van der Waals surface area contributed by atoms with E-state index in [-0.39, 0.29) is 24.5 Å². The third kappa shape index (κ3) is 5.42. The van der Waals surface area contributed by atoms with Crippen LogP contribution in [-0.2, 0) is 4.74 Å². The van der Waals surface area contributed by atoms with Gasteiger partial charge in [-0.1, -0.05) is 0 Å². The normalized spacial score (nSPS) is 11.3. The molecule has 9 heteroatoms. The largest absolute Gasteiger partial charge is 0.411 e.